The molecule has 5 rings (SSSR count). The van der Waals surface area contributed by atoms with E-state index in [1.54, 1.807) is 0 Å². The fourth-order valence-corrected chi connectivity index (χ4v) is 5.37. The Kier molecular flexibility index (Phi) is 4.71. The van der Waals surface area contributed by atoms with E-state index in [4.69, 9.17) is 5.73 Å². The number of nitrogen functional groups attached to an aromatic ring is 1. The molecule has 2 aliphatic carbocycles. The van der Waals surface area contributed by atoms with E-state index >= 15 is 0 Å². The molecule has 0 spiro atoms. The summed E-state index contributed by atoms with van der Waals surface area (Å²) in [6.45, 7) is 3.68. The van der Waals surface area contributed by atoms with Crippen LogP contribution in [0.3, 0.4) is 0 Å². The number of hydrogen-bond acceptors (Lipinski definition) is 5. The van der Waals surface area contributed by atoms with Gasteiger partial charge >= 0.3 is 6.36 Å². The molecule has 2 saturated carbocycles. The number of halogens is 5. The Bertz CT molecular complexity index is 1020. The molecule has 1 aliphatic heterocycles. The summed E-state index contributed by atoms with van der Waals surface area (Å²) in [6.07, 6.45) is -1.73. The molecule has 2 N–H and O–H groups in total. The molecule has 11 heteroatoms. The van der Waals surface area contributed by atoms with E-state index in [9.17, 15) is 22.0 Å². The molecule has 4 atom stereocenters. The third-order valence-electron chi connectivity index (χ3n) is 6.80. The highest BCUT2D eigenvalue weighted by Gasteiger charge is 2.61. The van der Waals surface area contributed by atoms with Crippen LogP contribution in [0, 0.1) is 11.8 Å². The first kappa shape index (κ1) is 21.4. The molecule has 0 bridgehead atoms. The highest BCUT2D eigenvalue weighted by molar-refractivity contribution is 5.64. The summed E-state index contributed by atoms with van der Waals surface area (Å²) in [5.41, 5.74) is 7.43. The third-order valence-corrected chi connectivity index (χ3v) is 6.80. The molecule has 3 aliphatic rings. The van der Waals surface area contributed by atoms with Crippen LogP contribution in [0.25, 0.3) is 11.3 Å². The van der Waals surface area contributed by atoms with Crippen LogP contribution in [-0.2, 0) is 0 Å². The summed E-state index contributed by atoms with van der Waals surface area (Å²) in [6, 6.07) is 3.34. The maximum atomic E-state index is 13.2. The largest absolute Gasteiger partial charge is 0.573 e. The molecule has 174 valence electrons. The van der Waals surface area contributed by atoms with E-state index < -0.39 is 18.0 Å². The van der Waals surface area contributed by atoms with Crippen LogP contribution in [0.5, 0.6) is 5.75 Å². The number of rotatable bonds is 5. The number of alkyl halides is 5. The fourth-order valence-electron chi connectivity index (χ4n) is 5.37. The average molecular weight is 457 g/mol. The number of pyridine rings is 1. The molecule has 2 unspecified atom stereocenters. The van der Waals surface area contributed by atoms with Gasteiger partial charge in [-0.05, 0) is 50.7 Å². The van der Waals surface area contributed by atoms with Crippen LogP contribution in [0.4, 0.5) is 27.8 Å². The van der Waals surface area contributed by atoms with Gasteiger partial charge in [-0.3, -0.25) is 9.58 Å². The first-order chi connectivity index (χ1) is 14.9. The van der Waals surface area contributed by atoms with E-state index in [1.807, 2.05) is 29.5 Å². The third kappa shape index (κ3) is 3.80. The van der Waals surface area contributed by atoms with Crippen molar-refractivity contribution in [2.24, 2.45) is 11.8 Å². The molecule has 2 aromatic rings. The number of likely N-dealkylation sites (tertiary alicyclic amines) is 1. The minimum atomic E-state index is -4.88. The number of nitrogens with zero attached hydrogens (tertiary/aromatic N) is 4. The summed E-state index contributed by atoms with van der Waals surface area (Å²) in [4.78, 5) is 5.71. The highest BCUT2D eigenvalue weighted by atomic mass is 19.4. The van der Waals surface area contributed by atoms with Gasteiger partial charge in [-0.25, -0.2) is 13.8 Å². The molecule has 3 fully saturated rings. The summed E-state index contributed by atoms with van der Waals surface area (Å²) in [5, 5.41) is 4.63. The Morgan fingerprint density at radius 2 is 1.81 bits per heavy atom. The molecule has 0 aromatic carbocycles. The van der Waals surface area contributed by atoms with Gasteiger partial charge in [-0.15, -0.1) is 13.2 Å². The zero-order valence-electron chi connectivity index (χ0n) is 17.6. The summed E-state index contributed by atoms with van der Waals surface area (Å²) >= 11 is 0. The van der Waals surface area contributed by atoms with Crippen LogP contribution < -0.4 is 10.5 Å². The van der Waals surface area contributed by atoms with E-state index in [2.05, 4.69) is 14.8 Å². The summed E-state index contributed by atoms with van der Waals surface area (Å²) in [7, 11) is 0. The number of aromatic nitrogens is 3. The summed E-state index contributed by atoms with van der Waals surface area (Å²) < 4.78 is 70.3. The van der Waals surface area contributed by atoms with Gasteiger partial charge in [0.25, 0.3) is 5.92 Å². The zero-order chi connectivity index (χ0) is 23.0. The van der Waals surface area contributed by atoms with Crippen molar-refractivity contribution in [3.05, 3.63) is 24.0 Å². The first-order valence-electron chi connectivity index (χ1n) is 10.6. The Labute approximate surface area is 181 Å². The van der Waals surface area contributed by atoms with Crippen LogP contribution in [-0.4, -0.2) is 51.1 Å². The molecule has 6 nitrogen and oxygen atoms in total. The number of nitrogens with two attached hydrogens (primary N) is 1. The highest BCUT2D eigenvalue weighted by Crippen LogP contribution is 2.64. The van der Waals surface area contributed by atoms with E-state index in [1.165, 1.54) is 12.3 Å². The van der Waals surface area contributed by atoms with E-state index in [0.717, 1.165) is 18.5 Å². The van der Waals surface area contributed by atoms with E-state index in [-0.39, 0.29) is 36.9 Å². The monoisotopic (exact) mass is 457 g/mol. The second-order valence-corrected chi connectivity index (χ2v) is 9.39. The summed E-state index contributed by atoms with van der Waals surface area (Å²) in [5.74, 6) is -2.35. The van der Waals surface area contributed by atoms with Crippen molar-refractivity contribution in [2.45, 2.75) is 57.0 Å². The van der Waals surface area contributed by atoms with Crippen molar-refractivity contribution >= 4 is 5.82 Å². The molecular formula is C21H24F5N5O. The predicted molar refractivity (Wildman–Crippen MR) is 106 cm³/mol. The lowest BCUT2D eigenvalue weighted by Crippen LogP contribution is -2.59. The van der Waals surface area contributed by atoms with Crippen LogP contribution in [0.15, 0.2) is 18.3 Å². The Balaban J connectivity index is 1.36. The molecule has 3 heterocycles. The number of hydrogen-bond donors (Lipinski definition) is 1. The number of anilines is 1. The van der Waals surface area contributed by atoms with Crippen molar-refractivity contribution in [3.63, 3.8) is 0 Å². The Morgan fingerprint density at radius 1 is 1.16 bits per heavy atom. The van der Waals surface area contributed by atoms with Crippen LogP contribution in [0.2, 0.25) is 0 Å². The first-order valence-corrected chi connectivity index (χ1v) is 10.6. The van der Waals surface area contributed by atoms with Crippen LogP contribution in [0.1, 0.15) is 44.3 Å². The lowest BCUT2D eigenvalue weighted by molar-refractivity contribution is -0.274. The van der Waals surface area contributed by atoms with Gasteiger partial charge in [0.15, 0.2) is 11.6 Å². The van der Waals surface area contributed by atoms with Gasteiger partial charge in [0.1, 0.15) is 0 Å². The van der Waals surface area contributed by atoms with Gasteiger partial charge in [0.2, 0.25) is 0 Å². The molecule has 32 heavy (non-hydrogen) atoms. The molecule has 1 saturated heterocycles. The molecule has 0 amide bonds. The van der Waals surface area contributed by atoms with Gasteiger partial charge in [0, 0.05) is 35.5 Å². The quantitative estimate of drug-likeness (QED) is 0.672. The second-order valence-electron chi connectivity index (χ2n) is 9.39. The minimum absolute atomic E-state index is 0.0533. The van der Waals surface area contributed by atoms with Crippen molar-refractivity contribution in [1.82, 2.24) is 19.7 Å². The standard InChI is InChI=1S/C21H24F5N5O/c1-10(2)31-16(18-13-4-12(5-14(13)18)30-8-20(22,23)9-30)6-15(29-31)11-3-17(19(27)28-7-11)32-21(24,25)26/h3,6-7,10,12-14,18H,4-5,8-9H2,1-2H3,(H2,27,28)/t12?,13-,14+,18?. The van der Waals surface area contributed by atoms with Crippen molar-refractivity contribution in [2.75, 3.05) is 18.8 Å². The molecular weight excluding hydrogens is 433 g/mol. The maximum absolute atomic E-state index is 13.2. The Morgan fingerprint density at radius 3 is 2.38 bits per heavy atom. The van der Waals surface area contributed by atoms with Crippen molar-refractivity contribution < 1.29 is 26.7 Å². The predicted octanol–water partition coefficient (Wildman–Crippen LogP) is 4.45. The second kappa shape index (κ2) is 7.03. The maximum Gasteiger partial charge on any atom is 0.573 e. The van der Waals surface area contributed by atoms with Gasteiger partial charge < -0.3 is 10.5 Å². The average Bonchev–Trinajstić information content (AvgIpc) is 3.04. The normalized spacial score (nSPS) is 29.1. The number of fused-ring (bicyclic) bond motifs is 1. The topological polar surface area (TPSA) is 69.2 Å². The SMILES string of the molecule is CC(C)n1nc(-c2cnc(N)c(OC(F)(F)F)c2)cc1C1[C@H]2CC(N3CC(F)(F)C3)C[C@@H]12. The van der Waals surface area contributed by atoms with Crippen molar-refractivity contribution in [3.8, 4) is 17.0 Å². The lowest BCUT2D eigenvalue weighted by atomic mass is 9.99. The Hall–Kier alpha value is -2.43. The smallest absolute Gasteiger partial charge is 0.402 e. The molecule has 2 aromatic heterocycles. The van der Waals surface area contributed by atoms with Gasteiger partial charge in [0.05, 0.1) is 18.8 Å². The lowest BCUT2D eigenvalue weighted by Gasteiger charge is -2.43. The van der Waals surface area contributed by atoms with Gasteiger partial charge in [-0.1, -0.05) is 0 Å². The molecule has 0 radical (unpaired) electrons. The van der Waals surface area contributed by atoms with E-state index in [0.29, 0.717) is 23.1 Å². The fraction of sp³-hybridized carbons (Fsp3) is 0.619. The zero-order valence-corrected chi connectivity index (χ0v) is 17.6. The van der Waals surface area contributed by atoms with Gasteiger partial charge in [-0.2, -0.15) is 5.10 Å². The minimum Gasteiger partial charge on any atom is -0.402 e. The van der Waals surface area contributed by atoms with Crippen molar-refractivity contribution in [1.29, 1.82) is 0 Å². The number of ether oxygens (including phenoxy) is 1. The van der Waals surface area contributed by atoms with Crippen LogP contribution >= 0.6 is 0 Å².